The van der Waals surface area contributed by atoms with E-state index in [0.29, 0.717) is 19.6 Å². The Morgan fingerprint density at radius 2 is 2.20 bits per heavy atom. The molecular formula is C13H18N6O. The molecule has 0 amide bonds. The molecule has 1 atom stereocenters. The van der Waals surface area contributed by atoms with Gasteiger partial charge in [-0.1, -0.05) is 18.2 Å². The second-order valence-corrected chi connectivity index (χ2v) is 5.10. The molecule has 1 saturated heterocycles. The molecule has 0 unspecified atom stereocenters. The lowest BCUT2D eigenvalue weighted by atomic mass is 10.0. The summed E-state index contributed by atoms with van der Waals surface area (Å²) in [7, 11) is 0. The van der Waals surface area contributed by atoms with E-state index in [1.807, 2.05) is 30.3 Å². The maximum Gasteiger partial charge on any atom is 0.170 e. The van der Waals surface area contributed by atoms with Crippen molar-refractivity contribution in [3.63, 3.8) is 0 Å². The van der Waals surface area contributed by atoms with Crippen molar-refractivity contribution < 1.29 is 5.11 Å². The zero-order valence-corrected chi connectivity index (χ0v) is 11.2. The first-order valence-electron chi connectivity index (χ1n) is 6.73. The van der Waals surface area contributed by atoms with Gasteiger partial charge in [0.05, 0.1) is 17.8 Å². The van der Waals surface area contributed by atoms with Gasteiger partial charge in [-0.15, -0.1) is 5.10 Å². The largest absolute Gasteiger partial charge is 0.387 e. The summed E-state index contributed by atoms with van der Waals surface area (Å²) < 4.78 is 1.70. The number of aliphatic hydroxyl groups is 1. The fourth-order valence-electron chi connectivity index (χ4n) is 2.37. The zero-order valence-electron chi connectivity index (χ0n) is 11.2. The molecule has 7 nitrogen and oxygen atoms in total. The van der Waals surface area contributed by atoms with Crippen molar-refractivity contribution in [2.45, 2.75) is 18.6 Å². The van der Waals surface area contributed by atoms with Crippen molar-refractivity contribution in [2.24, 2.45) is 0 Å². The number of β-amino-alcohol motifs (C(OH)–C–C–N with tert-alkyl or cyclic N) is 1. The number of nitrogens with one attached hydrogen (secondary N) is 2. The molecule has 2 heterocycles. The van der Waals surface area contributed by atoms with Gasteiger partial charge >= 0.3 is 0 Å². The quantitative estimate of drug-likeness (QED) is 0.680. The molecule has 1 fully saturated rings. The van der Waals surface area contributed by atoms with Gasteiger partial charge in [0.1, 0.15) is 0 Å². The fraction of sp³-hybridized carbons (Fsp3) is 0.462. The van der Waals surface area contributed by atoms with Crippen molar-refractivity contribution in [3.05, 3.63) is 36.2 Å². The lowest BCUT2D eigenvalue weighted by Gasteiger charge is -2.21. The monoisotopic (exact) mass is 274 g/mol. The maximum atomic E-state index is 10.2. The van der Waals surface area contributed by atoms with Crippen LogP contribution in [0.2, 0.25) is 0 Å². The normalized spacial score (nSPS) is 22.2. The van der Waals surface area contributed by atoms with Gasteiger partial charge < -0.3 is 15.7 Å². The number of rotatable bonds is 5. The first-order chi connectivity index (χ1) is 9.77. The SMILES string of the molecule is O[C@]1(CNCc2nnnn2-c2ccccc2)CCNC1. The predicted molar refractivity (Wildman–Crippen MR) is 73.3 cm³/mol. The molecule has 0 aliphatic carbocycles. The van der Waals surface area contributed by atoms with Crippen LogP contribution >= 0.6 is 0 Å². The topological polar surface area (TPSA) is 87.9 Å². The van der Waals surface area contributed by atoms with Crippen LogP contribution in [0.15, 0.2) is 30.3 Å². The van der Waals surface area contributed by atoms with E-state index in [1.165, 1.54) is 0 Å². The van der Waals surface area contributed by atoms with Crippen LogP contribution < -0.4 is 10.6 Å². The van der Waals surface area contributed by atoms with Crippen molar-refractivity contribution in [1.82, 2.24) is 30.8 Å². The lowest BCUT2D eigenvalue weighted by molar-refractivity contribution is 0.0606. The van der Waals surface area contributed by atoms with Crippen LogP contribution in [0, 0.1) is 0 Å². The Kier molecular flexibility index (Phi) is 3.72. The maximum absolute atomic E-state index is 10.2. The molecule has 7 heteroatoms. The molecule has 106 valence electrons. The number of aromatic nitrogens is 4. The minimum Gasteiger partial charge on any atom is -0.387 e. The molecule has 2 aromatic rings. The van der Waals surface area contributed by atoms with Gasteiger partial charge in [0.25, 0.3) is 0 Å². The summed E-state index contributed by atoms with van der Waals surface area (Å²) in [5.74, 6) is 0.728. The Balaban J connectivity index is 1.63. The van der Waals surface area contributed by atoms with Crippen molar-refractivity contribution in [1.29, 1.82) is 0 Å². The fourth-order valence-corrected chi connectivity index (χ4v) is 2.37. The Morgan fingerprint density at radius 1 is 1.35 bits per heavy atom. The zero-order chi connectivity index (χ0) is 13.8. The van der Waals surface area contributed by atoms with E-state index in [9.17, 15) is 5.11 Å². The number of benzene rings is 1. The number of hydrogen-bond acceptors (Lipinski definition) is 6. The van der Waals surface area contributed by atoms with Crippen LogP contribution in [0.25, 0.3) is 5.69 Å². The van der Waals surface area contributed by atoms with E-state index in [-0.39, 0.29) is 0 Å². The summed E-state index contributed by atoms with van der Waals surface area (Å²) in [6.07, 6.45) is 0.767. The Labute approximate surface area is 117 Å². The highest BCUT2D eigenvalue weighted by Crippen LogP contribution is 2.13. The molecule has 3 rings (SSSR count). The van der Waals surface area contributed by atoms with Gasteiger partial charge in [-0.2, -0.15) is 4.68 Å². The third-order valence-electron chi connectivity index (χ3n) is 3.49. The molecule has 20 heavy (non-hydrogen) atoms. The van der Waals surface area contributed by atoms with Gasteiger partial charge in [0, 0.05) is 13.1 Å². The highest BCUT2D eigenvalue weighted by molar-refractivity contribution is 5.30. The molecule has 1 aromatic carbocycles. The molecule has 0 radical (unpaired) electrons. The number of tetrazole rings is 1. The third kappa shape index (κ3) is 2.84. The van der Waals surface area contributed by atoms with E-state index >= 15 is 0 Å². The van der Waals surface area contributed by atoms with Crippen LogP contribution in [0.4, 0.5) is 0 Å². The molecule has 3 N–H and O–H groups in total. The van der Waals surface area contributed by atoms with E-state index in [1.54, 1.807) is 4.68 Å². The van der Waals surface area contributed by atoms with Crippen molar-refractivity contribution >= 4 is 0 Å². The average molecular weight is 274 g/mol. The van der Waals surface area contributed by atoms with Crippen molar-refractivity contribution in [3.8, 4) is 5.69 Å². The molecule has 1 aromatic heterocycles. The van der Waals surface area contributed by atoms with Crippen LogP contribution in [-0.4, -0.2) is 50.5 Å². The summed E-state index contributed by atoms with van der Waals surface area (Å²) in [6.45, 7) is 2.54. The molecule has 0 saturated carbocycles. The van der Waals surface area contributed by atoms with Crippen LogP contribution in [0.3, 0.4) is 0 Å². The lowest BCUT2D eigenvalue weighted by Crippen LogP contribution is -2.42. The standard InChI is InChI=1S/C13H18N6O/c20-13(6-7-14-9-13)10-15-8-12-16-17-18-19(12)11-4-2-1-3-5-11/h1-5,14-15,20H,6-10H2/t13-/m1/s1. The molecule has 1 aliphatic heterocycles. The first-order valence-corrected chi connectivity index (χ1v) is 6.73. The minimum absolute atomic E-state index is 0.518. The molecule has 1 aliphatic rings. The van der Waals surface area contributed by atoms with Crippen LogP contribution in [0.1, 0.15) is 12.2 Å². The number of para-hydroxylation sites is 1. The van der Waals surface area contributed by atoms with E-state index in [2.05, 4.69) is 26.2 Å². The summed E-state index contributed by atoms with van der Waals surface area (Å²) in [5, 5.41) is 28.3. The van der Waals surface area contributed by atoms with Gasteiger partial charge in [0.2, 0.25) is 0 Å². The van der Waals surface area contributed by atoms with Gasteiger partial charge in [-0.3, -0.25) is 0 Å². The minimum atomic E-state index is -0.662. The second kappa shape index (κ2) is 5.66. The van der Waals surface area contributed by atoms with E-state index in [4.69, 9.17) is 0 Å². The Bertz CT molecular complexity index is 549. The Hall–Kier alpha value is -1.83. The summed E-state index contributed by atoms with van der Waals surface area (Å²) in [6, 6.07) is 9.75. The molecule has 0 bridgehead atoms. The predicted octanol–water partition coefficient (Wildman–Crippen LogP) is -0.524. The van der Waals surface area contributed by atoms with Gasteiger partial charge in [0.15, 0.2) is 5.82 Å². The summed E-state index contributed by atoms with van der Waals surface area (Å²) in [5.41, 5.74) is 0.265. The average Bonchev–Trinajstić information content (AvgIpc) is 3.10. The van der Waals surface area contributed by atoms with Crippen LogP contribution in [0.5, 0.6) is 0 Å². The number of hydrogen-bond donors (Lipinski definition) is 3. The van der Waals surface area contributed by atoms with E-state index < -0.39 is 5.60 Å². The van der Waals surface area contributed by atoms with Gasteiger partial charge in [-0.05, 0) is 35.5 Å². The summed E-state index contributed by atoms with van der Waals surface area (Å²) in [4.78, 5) is 0. The highest BCUT2D eigenvalue weighted by atomic mass is 16.3. The molecule has 0 spiro atoms. The summed E-state index contributed by atoms with van der Waals surface area (Å²) >= 11 is 0. The third-order valence-corrected chi connectivity index (χ3v) is 3.49. The Morgan fingerprint density at radius 3 is 2.95 bits per heavy atom. The second-order valence-electron chi connectivity index (χ2n) is 5.10. The molecular weight excluding hydrogens is 256 g/mol. The first kappa shape index (κ1) is 13.2. The van der Waals surface area contributed by atoms with Gasteiger partial charge in [-0.25, -0.2) is 0 Å². The van der Waals surface area contributed by atoms with Crippen molar-refractivity contribution in [2.75, 3.05) is 19.6 Å². The number of nitrogens with zero attached hydrogens (tertiary/aromatic N) is 4. The van der Waals surface area contributed by atoms with Crippen LogP contribution in [-0.2, 0) is 6.54 Å². The smallest absolute Gasteiger partial charge is 0.170 e. The van der Waals surface area contributed by atoms with E-state index in [0.717, 1.165) is 24.5 Å². The highest BCUT2D eigenvalue weighted by Gasteiger charge is 2.30.